The number of aromatic nitrogens is 3. The van der Waals surface area contributed by atoms with Crippen molar-refractivity contribution in [2.75, 3.05) is 5.32 Å². The van der Waals surface area contributed by atoms with Crippen molar-refractivity contribution in [3.8, 4) is 5.69 Å². The molecule has 1 N–H and O–H groups in total. The first kappa shape index (κ1) is 15.0. The third kappa shape index (κ3) is 2.97. The largest absolute Gasteiger partial charge is 0.322 e. The maximum Gasteiger partial charge on any atom is 0.255 e. The Kier molecular flexibility index (Phi) is 3.70. The van der Waals surface area contributed by atoms with Gasteiger partial charge in [0.15, 0.2) is 5.65 Å². The molecule has 0 aliphatic carbocycles. The van der Waals surface area contributed by atoms with E-state index in [1.165, 1.54) is 24.3 Å². The number of rotatable bonds is 3. The number of fused-ring (bicyclic) bond motifs is 1. The molecule has 0 saturated carbocycles. The summed E-state index contributed by atoms with van der Waals surface area (Å²) in [6.45, 7) is 0. The molecule has 0 spiro atoms. The van der Waals surface area contributed by atoms with E-state index in [4.69, 9.17) is 0 Å². The third-order valence-electron chi connectivity index (χ3n) is 3.82. The fourth-order valence-electron chi connectivity index (χ4n) is 2.55. The molecule has 5 nitrogen and oxygen atoms in total. The van der Waals surface area contributed by atoms with E-state index < -0.39 is 0 Å². The average molecular weight is 332 g/mol. The fourth-order valence-corrected chi connectivity index (χ4v) is 2.55. The fraction of sp³-hybridized carbons (Fsp3) is 0. The molecular formula is C19H13FN4O. The highest BCUT2D eigenvalue weighted by molar-refractivity contribution is 6.04. The number of amides is 1. The molecule has 2 aromatic carbocycles. The quantitative estimate of drug-likeness (QED) is 0.620. The van der Waals surface area contributed by atoms with E-state index in [1.54, 1.807) is 24.7 Å². The second-order valence-corrected chi connectivity index (χ2v) is 5.47. The van der Waals surface area contributed by atoms with Crippen molar-refractivity contribution in [1.29, 1.82) is 0 Å². The van der Waals surface area contributed by atoms with E-state index in [0.717, 1.165) is 16.9 Å². The summed E-state index contributed by atoms with van der Waals surface area (Å²) in [5.41, 5.74) is 3.47. The van der Waals surface area contributed by atoms with Gasteiger partial charge in [-0.2, -0.15) is 0 Å². The normalized spacial score (nSPS) is 10.8. The number of benzene rings is 2. The molecule has 122 valence electrons. The second-order valence-electron chi connectivity index (χ2n) is 5.47. The number of hydrogen-bond donors (Lipinski definition) is 1. The number of hydrogen-bond acceptors (Lipinski definition) is 3. The zero-order chi connectivity index (χ0) is 17.2. The Morgan fingerprint density at radius 1 is 0.960 bits per heavy atom. The van der Waals surface area contributed by atoms with Crippen molar-refractivity contribution < 1.29 is 9.18 Å². The maximum atomic E-state index is 12.9. The van der Waals surface area contributed by atoms with Crippen LogP contribution in [0.25, 0.3) is 16.9 Å². The van der Waals surface area contributed by atoms with Crippen LogP contribution in [-0.4, -0.2) is 20.4 Å². The van der Waals surface area contributed by atoms with E-state index in [1.807, 2.05) is 28.8 Å². The van der Waals surface area contributed by atoms with E-state index in [0.29, 0.717) is 11.3 Å². The summed E-state index contributed by atoms with van der Waals surface area (Å²) in [6, 6.07) is 16.5. The second kappa shape index (κ2) is 6.16. The first-order valence-electron chi connectivity index (χ1n) is 7.66. The molecule has 0 saturated heterocycles. The Labute approximate surface area is 142 Å². The van der Waals surface area contributed by atoms with Crippen LogP contribution in [0.5, 0.6) is 0 Å². The lowest BCUT2D eigenvalue weighted by Gasteiger charge is -2.07. The van der Waals surface area contributed by atoms with Gasteiger partial charge in [0.25, 0.3) is 5.91 Å². The molecule has 6 heteroatoms. The Morgan fingerprint density at radius 2 is 1.72 bits per heavy atom. The van der Waals surface area contributed by atoms with E-state index >= 15 is 0 Å². The third-order valence-corrected chi connectivity index (χ3v) is 3.82. The van der Waals surface area contributed by atoms with Crippen LogP contribution in [0.2, 0.25) is 0 Å². The molecule has 2 heterocycles. The van der Waals surface area contributed by atoms with Crippen LogP contribution in [0.1, 0.15) is 10.4 Å². The summed E-state index contributed by atoms with van der Waals surface area (Å²) < 4.78 is 14.8. The topological polar surface area (TPSA) is 59.8 Å². The van der Waals surface area contributed by atoms with Gasteiger partial charge in [-0.25, -0.2) is 14.4 Å². The number of carbonyl (C=O) groups excluding carboxylic acids is 1. The number of anilines is 1. The molecule has 0 atom stereocenters. The summed E-state index contributed by atoms with van der Waals surface area (Å²) in [5, 5.41) is 2.73. The Balaban J connectivity index is 1.57. The van der Waals surface area contributed by atoms with Gasteiger partial charge in [-0.15, -0.1) is 0 Å². The Morgan fingerprint density at radius 3 is 2.48 bits per heavy atom. The number of halogens is 1. The van der Waals surface area contributed by atoms with Crippen LogP contribution < -0.4 is 5.32 Å². The highest BCUT2D eigenvalue weighted by Crippen LogP contribution is 2.17. The molecule has 0 unspecified atom stereocenters. The minimum Gasteiger partial charge on any atom is -0.322 e. The number of imidazole rings is 1. The molecule has 2 aromatic heterocycles. The summed E-state index contributed by atoms with van der Waals surface area (Å²) >= 11 is 0. The molecule has 4 rings (SSSR count). The first-order valence-corrected chi connectivity index (χ1v) is 7.66. The van der Waals surface area contributed by atoms with Crippen molar-refractivity contribution in [2.24, 2.45) is 0 Å². The van der Waals surface area contributed by atoms with Crippen LogP contribution in [0, 0.1) is 5.82 Å². The summed E-state index contributed by atoms with van der Waals surface area (Å²) in [5.74, 6) is -0.602. The van der Waals surface area contributed by atoms with Gasteiger partial charge in [0.1, 0.15) is 17.7 Å². The van der Waals surface area contributed by atoms with E-state index in [9.17, 15) is 9.18 Å². The van der Waals surface area contributed by atoms with Gasteiger partial charge in [0.2, 0.25) is 0 Å². The molecule has 4 aromatic rings. The summed E-state index contributed by atoms with van der Waals surface area (Å²) in [6.07, 6.45) is 3.41. The average Bonchev–Trinajstić information content (AvgIpc) is 3.08. The van der Waals surface area contributed by atoms with Gasteiger partial charge in [0, 0.05) is 23.1 Å². The minimum atomic E-state index is -0.344. The minimum absolute atomic E-state index is 0.258. The van der Waals surface area contributed by atoms with Crippen LogP contribution in [0.15, 0.2) is 73.2 Å². The molecule has 25 heavy (non-hydrogen) atoms. The summed E-state index contributed by atoms with van der Waals surface area (Å²) in [7, 11) is 0. The van der Waals surface area contributed by atoms with E-state index in [-0.39, 0.29) is 11.7 Å². The lowest BCUT2D eigenvalue weighted by molar-refractivity contribution is 0.102. The van der Waals surface area contributed by atoms with Crippen molar-refractivity contribution >= 4 is 22.8 Å². The van der Waals surface area contributed by atoms with Gasteiger partial charge >= 0.3 is 0 Å². The predicted molar refractivity (Wildman–Crippen MR) is 93.2 cm³/mol. The van der Waals surface area contributed by atoms with Crippen LogP contribution in [0.3, 0.4) is 0 Å². The zero-order valence-corrected chi connectivity index (χ0v) is 13.1. The lowest BCUT2D eigenvalue weighted by atomic mass is 10.2. The molecule has 1 amide bonds. The number of carbonyl (C=O) groups is 1. The van der Waals surface area contributed by atoms with Crippen molar-refractivity contribution in [1.82, 2.24) is 14.5 Å². The van der Waals surface area contributed by atoms with Crippen molar-refractivity contribution in [3.63, 3.8) is 0 Å². The predicted octanol–water partition coefficient (Wildman–Crippen LogP) is 3.81. The number of pyridine rings is 1. The highest BCUT2D eigenvalue weighted by atomic mass is 19.1. The van der Waals surface area contributed by atoms with Crippen molar-refractivity contribution in [2.45, 2.75) is 0 Å². The van der Waals surface area contributed by atoms with Gasteiger partial charge in [-0.05, 0) is 60.7 Å². The Hall–Kier alpha value is -3.54. The molecule has 0 aliphatic rings. The van der Waals surface area contributed by atoms with Gasteiger partial charge < -0.3 is 5.32 Å². The van der Waals surface area contributed by atoms with Gasteiger partial charge in [-0.3, -0.25) is 9.36 Å². The van der Waals surface area contributed by atoms with Gasteiger partial charge in [-0.1, -0.05) is 0 Å². The van der Waals surface area contributed by atoms with Crippen LogP contribution in [0.4, 0.5) is 10.1 Å². The monoisotopic (exact) mass is 332 g/mol. The van der Waals surface area contributed by atoms with Crippen molar-refractivity contribution in [3.05, 3.63) is 84.6 Å². The molecule has 0 fully saturated rings. The number of nitrogens with one attached hydrogen (secondary N) is 1. The van der Waals surface area contributed by atoms with Crippen LogP contribution in [-0.2, 0) is 0 Å². The SMILES string of the molecule is O=C(Nc1ccc(F)cc1)c1ccc(-n2cnc3cccnc32)cc1. The standard InChI is InChI=1S/C19H13FN4O/c20-14-5-7-15(8-6-14)23-19(25)13-3-9-16(10-4-13)24-12-22-17-2-1-11-21-18(17)24/h1-12H,(H,23,25). The summed E-state index contributed by atoms with van der Waals surface area (Å²) in [4.78, 5) is 20.9. The first-order chi connectivity index (χ1) is 12.2. The van der Waals surface area contributed by atoms with Crippen LogP contribution >= 0.6 is 0 Å². The molecule has 0 bridgehead atoms. The zero-order valence-electron chi connectivity index (χ0n) is 13.1. The molecular weight excluding hydrogens is 319 g/mol. The van der Waals surface area contributed by atoms with E-state index in [2.05, 4.69) is 15.3 Å². The maximum absolute atomic E-state index is 12.9. The Bertz CT molecular complexity index is 1040. The van der Waals surface area contributed by atoms with Gasteiger partial charge in [0.05, 0.1) is 0 Å². The highest BCUT2D eigenvalue weighted by Gasteiger charge is 2.09. The molecule has 0 aliphatic heterocycles. The molecule has 0 radical (unpaired) electrons. The smallest absolute Gasteiger partial charge is 0.255 e. The lowest BCUT2D eigenvalue weighted by Crippen LogP contribution is -2.11. The number of nitrogens with zero attached hydrogens (tertiary/aromatic N) is 3.